The Labute approximate surface area is 103 Å². The molecule has 0 saturated carbocycles. The highest BCUT2D eigenvalue weighted by atomic mass is 32.2. The van der Waals surface area contributed by atoms with Crippen LogP contribution in [0.3, 0.4) is 0 Å². The van der Waals surface area contributed by atoms with Crippen molar-refractivity contribution in [1.29, 1.82) is 0 Å². The Bertz CT molecular complexity index is 253. The highest BCUT2D eigenvalue weighted by Crippen LogP contribution is 2.15. The molecule has 0 aliphatic heterocycles. The molecular weight excluding hydrogens is 218 g/mol. The predicted octanol–water partition coefficient (Wildman–Crippen LogP) is 2.79. The van der Waals surface area contributed by atoms with Gasteiger partial charge in [0, 0.05) is 17.2 Å². The van der Waals surface area contributed by atoms with Crippen LogP contribution in [0.25, 0.3) is 0 Å². The summed E-state index contributed by atoms with van der Waals surface area (Å²) in [5.74, 6) is 1.03. The summed E-state index contributed by atoms with van der Waals surface area (Å²) in [4.78, 5) is 1.32. The van der Waals surface area contributed by atoms with Crippen LogP contribution < -0.4 is 5.32 Å². The monoisotopic (exact) mass is 239 g/mol. The molecule has 0 unspecified atom stereocenters. The van der Waals surface area contributed by atoms with E-state index in [1.54, 1.807) is 0 Å². The van der Waals surface area contributed by atoms with Gasteiger partial charge in [-0.3, -0.25) is 0 Å². The van der Waals surface area contributed by atoms with Crippen molar-refractivity contribution in [3.8, 4) is 0 Å². The van der Waals surface area contributed by atoms with Crippen molar-refractivity contribution >= 4 is 11.8 Å². The molecule has 2 nitrogen and oxygen atoms in total. The van der Waals surface area contributed by atoms with E-state index in [0.29, 0.717) is 0 Å². The maximum atomic E-state index is 5.52. The maximum Gasteiger partial charge on any atom is 0.0591 e. The number of ether oxygens (including phenoxy) is 1. The zero-order valence-electron chi connectivity index (χ0n) is 9.95. The minimum absolute atomic E-state index is 0.815. The molecule has 0 heterocycles. The summed E-state index contributed by atoms with van der Waals surface area (Å²) < 4.78 is 5.52. The molecule has 1 rings (SSSR count). The van der Waals surface area contributed by atoms with Crippen LogP contribution in [0.2, 0.25) is 0 Å². The van der Waals surface area contributed by atoms with Gasteiger partial charge >= 0.3 is 0 Å². The summed E-state index contributed by atoms with van der Waals surface area (Å²) in [5.41, 5.74) is 0. The van der Waals surface area contributed by atoms with E-state index in [4.69, 9.17) is 4.74 Å². The van der Waals surface area contributed by atoms with E-state index < -0.39 is 0 Å². The second kappa shape index (κ2) is 9.70. The first-order valence-electron chi connectivity index (χ1n) is 5.90. The fraction of sp³-hybridized carbons (Fsp3) is 0.538. The number of rotatable bonds is 9. The van der Waals surface area contributed by atoms with Gasteiger partial charge in [0.15, 0.2) is 0 Å². The van der Waals surface area contributed by atoms with Crippen LogP contribution >= 0.6 is 11.8 Å². The molecule has 0 atom stereocenters. The lowest BCUT2D eigenvalue weighted by molar-refractivity contribution is 0.152. The van der Waals surface area contributed by atoms with Crippen molar-refractivity contribution in [1.82, 2.24) is 5.32 Å². The van der Waals surface area contributed by atoms with Crippen molar-refractivity contribution < 1.29 is 4.74 Å². The molecule has 90 valence electrons. The summed E-state index contributed by atoms with van der Waals surface area (Å²) >= 11 is 1.84. The molecular formula is C13H21NOS. The first-order valence-corrected chi connectivity index (χ1v) is 6.88. The van der Waals surface area contributed by atoms with Gasteiger partial charge < -0.3 is 10.1 Å². The van der Waals surface area contributed by atoms with Gasteiger partial charge in [0.1, 0.15) is 0 Å². The largest absolute Gasteiger partial charge is 0.379 e. The van der Waals surface area contributed by atoms with E-state index in [1.165, 1.54) is 11.3 Å². The van der Waals surface area contributed by atoms with Gasteiger partial charge in [-0.1, -0.05) is 25.1 Å². The van der Waals surface area contributed by atoms with Gasteiger partial charge in [0.05, 0.1) is 13.2 Å². The smallest absolute Gasteiger partial charge is 0.0591 e. The highest BCUT2D eigenvalue weighted by molar-refractivity contribution is 7.99. The third-order valence-electron chi connectivity index (χ3n) is 2.09. The van der Waals surface area contributed by atoms with Crippen LogP contribution in [-0.2, 0) is 4.74 Å². The number of hydrogen-bond acceptors (Lipinski definition) is 3. The fourth-order valence-electron chi connectivity index (χ4n) is 1.28. The summed E-state index contributed by atoms with van der Waals surface area (Å²) in [6.07, 6.45) is 1.18. The maximum absolute atomic E-state index is 5.52. The van der Waals surface area contributed by atoms with Gasteiger partial charge in [0.2, 0.25) is 0 Å². The minimum atomic E-state index is 0.815. The van der Waals surface area contributed by atoms with E-state index in [2.05, 4.69) is 36.5 Å². The molecule has 16 heavy (non-hydrogen) atoms. The average Bonchev–Trinajstić information content (AvgIpc) is 2.34. The van der Waals surface area contributed by atoms with Gasteiger partial charge in [-0.2, -0.15) is 0 Å². The number of hydrogen-bond donors (Lipinski definition) is 1. The molecule has 0 aliphatic rings. The van der Waals surface area contributed by atoms with Crippen LogP contribution in [0.1, 0.15) is 13.3 Å². The van der Waals surface area contributed by atoms with Crippen molar-refractivity contribution in [3.05, 3.63) is 30.3 Å². The summed E-state index contributed by atoms with van der Waals surface area (Å²) in [6.45, 7) is 5.86. The van der Waals surface area contributed by atoms with Crippen LogP contribution in [0.5, 0.6) is 0 Å². The molecule has 1 aromatic carbocycles. The van der Waals surface area contributed by atoms with Crippen LogP contribution in [0, 0.1) is 0 Å². The molecule has 3 heteroatoms. The SMILES string of the molecule is CCCNCCOCCSc1ccccc1. The summed E-state index contributed by atoms with van der Waals surface area (Å²) in [6, 6.07) is 10.4. The summed E-state index contributed by atoms with van der Waals surface area (Å²) in [5, 5.41) is 3.31. The van der Waals surface area contributed by atoms with Crippen molar-refractivity contribution in [2.24, 2.45) is 0 Å². The first kappa shape index (κ1) is 13.6. The molecule has 0 aliphatic carbocycles. The first-order chi connectivity index (χ1) is 7.93. The molecule has 0 amide bonds. The molecule has 0 spiro atoms. The van der Waals surface area contributed by atoms with Crippen molar-refractivity contribution in [2.45, 2.75) is 18.2 Å². The number of thioether (sulfide) groups is 1. The van der Waals surface area contributed by atoms with Crippen LogP contribution in [-0.4, -0.2) is 32.1 Å². The third-order valence-corrected chi connectivity index (χ3v) is 3.07. The van der Waals surface area contributed by atoms with E-state index in [-0.39, 0.29) is 0 Å². The Morgan fingerprint density at radius 2 is 1.94 bits per heavy atom. The Hall–Kier alpha value is -0.510. The Morgan fingerprint density at radius 3 is 2.69 bits per heavy atom. The molecule has 1 N–H and O–H groups in total. The highest BCUT2D eigenvalue weighted by Gasteiger charge is 1.92. The van der Waals surface area contributed by atoms with E-state index in [1.807, 2.05) is 17.8 Å². The molecule has 0 radical (unpaired) electrons. The normalized spacial score (nSPS) is 10.6. The van der Waals surface area contributed by atoms with Crippen molar-refractivity contribution in [3.63, 3.8) is 0 Å². The Balaban J connectivity index is 1.89. The zero-order chi connectivity index (χ0) is 11.5. The standard InChI is InChI=1S/C13H21NOS/c1-2-8-14-9-10-15-11-12-16-13-6-4-3-5-7-13/h3-7,14H,2,8-12H2,1H3. The lowest BCUT2D eigenvalue weighted by atomic mass is 10.4. The second-order valence-corrected chi connectivity index (χ2v) is 4.69. The molecule has 0 fully saturated rings. The van der Waals surface area contributed by atoms with Gasteiger partial charge in [0.25, 0.3) is 0 Å². The number of nitrogens with one attached hydrogen (secondary N) is 1. The molecule has 0 saturated heterocycles. The lowest BCUT2D eigenvalue weighted by Crippen LogP contribution is -2.20. The van der Waals surface area contributed by atoms with Gasteiger partial charge in [-0.25, -0.2) is 0 Å². The Morgan fingerprint density at radius 1 is 1.12 bits per heavy atom. The van der Waals surface area contributed by atoms with Crippen molar-refractivity contribution in [2.75, 3.05) is 32.1 Å². The predicted molar refractivity (Wildman–Crippen MR) is 71.1 cm³/mol. The Kier molecular flexibility index (Phi) is 8.22. The average molecular weight is 239 g/mol. The molecule has 1 aromatic rings. The van der Waals surface area contributed by atoms with E-state index in [9.17, 15) is 0 Å². The van der Waals surface area contributed by atoms with Gasteiger partial charge in [-0.05, 0) is 25.1 Å². The fourth-order valence-corrected chi connectivity index (χ4v) is 2.07. The van der Waals surface area contributed by atoms with E-state index >= 15 is 0 Å². The molecule has 0 aromatic heterocycles. The third kappa shape index (κ3) is 6.88. The quantitative estimate of drug-likeness (QED) is 0.529. The topological polar surface area (TPSA) is 21.3 Å². The van der Waals surface area contributed by atoms with Crippen LogP contribution in [0.4, 0.5) is 0 Å². The lowest BCUT2D eigenvalue weighted by Gasteiger charge is -2.05. The minimum Gasteiger partial charge on any atom is -0.379 e. The van der Waals surface area contributed by atoms with Crippen LogP contribution in [0.15, 0.2) is 35.2 Å². The molecule has 0 bridgehead atoms. The van der Waals surface area contributed by atoms with E-state index in [0.717, 1.165) is 32.1 Å². The second-order valence-electron chi connectivity index (χ2n) is 3.52. The van der Waals surface area contributed by atoms with Gasteiger partial charge in [-0.15, -0.1) is 11.8 Å². The summed E-state index contributed by atoms with van der Waals surface area (Å²) in [7, 11) is 0. The number of benzene rings is 1. The zero-order valence-corrected chi connectivity index (χ0v) is 10.8.